The molecule has 0 aliphatic heterocycles. The van der Waals surface area contributed by atoms with Gasteiger partial charge in [0.25, 0.3) is 0 Å². The quantitative estimate of drug-likeness (QED) is 0.101. The lowest BCUT2D eigenvalue weighted by Crippen LogP contribution is -2.29. The van der Waals surface area contributed by atoms with Crippen molar-refractivity contribution in [3.8, 4) is 5.75 Å². The summed E-state index contributed by atoms with van der Waals surface area (Å²) >= 11 is 6.02. The van der Waals surface area contributed by atoms with Gasteiger partial charge < -0.3 is 28.8 Å². The Balaban J connectivity index is 1.40. The number of fused-ring (bicyclic) bond motifs is 1. The maximum atomic E-state index is 12.2. The molecule has 1 aliphatic rings. The summed E-state index contributed by atoms with van der Waals surface area (Å²) in [5, 5.41) is 5.24. The van der Waals surface area contributed by atoms with Gasteiger partial charge in [-0.3, -0.25) is 9.80 Å². The van der Waals surface area contributed by atoms with Crippen LogP contribution in [0.1, 0.15) is 45.6 Å². The summed E-state index contributed by atoms with van der Waals surface area (Å²) < 4.78 is 25.3. The van der Waals surface area contributed by atoms with Gasteiger partial charge >= 0.3 is 14.5 Å². The summed E-state index contributed by atoms with van der Waals surface area (Å²) in [4.78, 5) is 25.2. The Morgan fingerprint density at radius 1 is 1.27 bits per heavy atom. The number of benzene rings is 1. The SMILES string of the molecule is COC(COP(NC(C)CC(=O)OC1CC1)Oc1ccc(Cl)cc1)CC(C)n1cnc2c(N(C)N)nc(N)nc21. The van der Waals surface area contributed by atoms with Crippen molar-refractivity contribution in [2.24, 2.45) is 5.84 Å². The first-order valence-corrected chi connectivity index (χ1v) is 14.5. The number of rotatable bonds is 15. The minimum Gasteiger partial charge on any atom is -0.462 e. The molecule has 13 nitrogen and oxygen atoms in total. The smallest absolute Gasteiger partial charge is 0.318 e. The van der Waals surface area contributed by atoms with Gasteiger partial charge in [0.2, 0.25) is 5.95 Å². The molecule has 2 heterocycles. The lowest BCUT2D eigenvalue weighted by Gasteiger charge is -2.25. The second-order valence-electron chi connectivity index (χ2n) is 9.80. The van der Waals surface area contributed by atoms with Crippen LogP contribution in [0.5, 0.6) is 5.75 Å². The number of aromatic nitrogens is 4. The second-order valence-corrected chi connectivity index (χ2v) is 11.5. The third-order valence-corrected chi connectivity index (χ3v) is 7.83. The Labute approximate surface area is 239 Å². The highest BCUT2D eigenvalue weighted by Gasteiger charge is 2.28. The van der Waals surface area contributed by atoms with E-state index in [1.165, 1.54) is 5.01 Å². The molecular weight excluding hydrogens is 559 g/mol. The van der Waals surface area contributed by atoms with Crippen molar-refractivity contribution in [1.82, 2.24) is 24.6 Å². The summed E-state index contributed by atoms with van der Waals surface area (Å²) in [5.74, 6) is 6.79. The average Bonchev–Trinajstić information content (AvgIpc) is 3.61. The van der Waals surface area contributed by atoms with Gasteiger partial charge in [0.05, 0.1) is 25.5 Å². The van der Waals surface area contributed by atoms with Crippen LogP contribution in [0.4, 0.5) is 11.8 Å². The average molecular weight is 595 g/mol. The Morgan fingerprint density at radius 2 is 2.00 bits per heavy atom. The zero-order chi connectivity index (χ0) is 28.8. The molecule has 1 aliphatic carbocycles. The van der Waals surface area contributed by atoms with E-state index in [2.05, 4.69) is 20.0 Å². The van der Waals surface area contributed by atoms with E-state index in [4.69, 9.17) is 41.7 Å². The van der Waals surface area contributed by atoms with Crippen LogP contribution in [0.15, 0.2) is 30.6 Å². The van der Waals surface area contributed by atoms with Crippen LogP contribution in [0.25, 0.3) is 11.2 Å². The summed E-state index contributed by atoms with van der Waals surface area (Å²) in [6, 6.07) is 6.68. The summed E-state index contributed by atoms with van der Waals surface area (Å²) in [6.07, 6.45) is 4.09. The molecule has 4 unspecified atom stereocenters. The molecule has 4 atom stereocenters. The van der Waals surface area contributed by atoms with Crippen molar-refractivity contribution in [3.05, 3.63) is 35.6 Å². The molecule has 0 saturated heterocycles. The van der Waals surface area contributed by atoms with Crippen LogP contribution < -0.4 is 26.2 Å². The van der Waals surface area contributed by atoms with E-state index in [9.17, 15) is 4.79 Å². The Morgan fingerprint density at radius 3 is 2.65 bits per heavy atom. The normalized spacial score (nSPS) is 16.4. The van der Waals surface area contributed by atoms with Gasteiger partial charge in [-0.1, -0.05) is 11.6 Å². The van der Waals surface area contributed by atoms with Gasteiger partial charge in [-0.05, 0) is 57.4 Å². The van der Waals surface area contributed by atoms with Gasteiger partial charge in [0, 0.05) is 31.3 Å². The van der Waals surface area contributed by atoms with Crippen molar-refractivity contribution in [1.29, 1.82) is 0 Å². The Bertz CT molecular complexity index is 1280. The number of carbonyl (C=O) groups is 1. The number of hydrazine groups is 1. The van der Waals surface area contributed by atoms with Gasteiger partial charge in [-0.25, -0.2) is 15.9 Å². The zero-order valence-electron chi connectivity index (χ0n) is 23.0. The molecule has 15 heteroatoms. The van der Waals surface area contributed by atoms with Crippen molar-refractivity contribution >= 4 is 49.0 Å². The van der Waals surface area contributed by atoms with Gasteiger partial charge in [0.1, 0.15) is 11.9 Å². The number of nitrogens with two attached hydrogens (primary N) is 2. The first kappa shape index (κ1) is 30.2. The van der Waals surface area contributed by atoms with Crippen LogP contribution in [0.3, 0.4) is 0 Å². The largest absolute Gasteiger partial charge is 0.462 e. The molecule has 218 valence electrons. The van der Waals surface area contributed by atoms with Crippen LogP contribution in [0, 0.1) is 0 Å². The number of imidazole rings is 1. The topological polar surface area (TPSA) is 165 Å². The minimum absolute atomic E-state index is 0.0607. The van der Waals surface area contributed by atoms with Gasteiger partial charge in [0.15, 0.2) is 17.0 Å². The lowest BCUT2D eigenvalue weighted by atomic mass is 10.1. The third kappa shape index (κ3) is 8.35. The van der Waals surface area contributed by atoms with E-state index in [0.717, 1.165) is 12.8 Å². The summed E-state index contributed by atoms with van der Waals surface area (Å²) in [6.45, 7) is 4.14. The monoisotopic (exact) mass is 594 g/mol. The fourth-order valence-electron chi connectivity index (χ4n) is 3.94. The van der Waals surface area contributed by atoms with E-state index < -0.39 is 8.53 Å². The van der Waals surface area contributed by atoms with Crippen LogP contribution >= 0.6 is 20.1 Å². The Hall–Kier alpha value is -2.80. The third-order valence-electron chi connectivity index (χ3n) is 6.17. The molecule has 5 N–H and O–H groups in total. The predicted octanol–water partition coefficient (Wildman–Crippen LogP) is 3.73. The molecule has 40 heavy (non-hydrogen) atoms. The first-order chi connectivity index (χ1) is 19.1. The molecule has 1 aromatic carbocycles. The standard InChI is InChI=1S/C25H36ClN8O5P/c1-15(11-21(35)38-18-9-10-18)32-40(39-19-7-5-17(26)6-8-19)37-13-20(36-4)12-16(2)34-14-29-22-23(33(3)28)30-25(27)31-24(22)34/h5-8,14-16,18,20,32H,9-13,28H2,1-4H3,(H2,27,30,31). The predicted molar refractivity (Wildman–Crippen MR) is 154 cm³/mol. The van der Waals surface area contributed by atoms with Crippen LogP contribution in [-0.4, -0.2) is 64.5 Å². The van der Waals surface area contributed by atoms with Crippen molar-refractivity contribution in [2.45, 2.75) is 63.8 Å². The zero-order valence-corrected chi connectivity index (χ0v) is 24.6. The molecule has 0 radical (unpaired) electrons. The maximum absolute atomic E-state index is 12.2. The van der Waals surface area contributed by atoms with Crippen LogP contribution in [-0.2, 0) is 18.8 Å². The van der Waals surface area contributed by atoms with E-state index in [-0.39, 0.29) is 49.2 Å². The van der Waals surface area contributed by atoms with E-state index in [1.807, 2.05) is 18.4 Å². The van der Waals surface area contributed by atoms with E-state index in [0.29, 0.717) is 34.2 Å². The number of esters is 1. The highest BCUT2D eigenvalue weighted by atomic mass is 35.5. The molecular formula is C25H36ClN8O5P. The molecule has 1 fully saturated rings. The minimum atomic E-state index is -1.63. The molecule has 0 bridgehead atoms. The summed E-state index contributed by atoms with van der Waals surface area (Å²) in [7, 11) is 1.66. The molecule has 4 rings (SSSR count). The number of carbonyl (C=O) groups excluding carboxylic acids is 1. The number of nitrogens with one attached hydrogen (secondary N) is 1. The number of hydrogen-bond donors (Lipinski definition) is 3. The van der Waals surface area contributed by atoms with Crippen molar-refractivity contribution in [2.75, 3.05) is 31.5 Å². The fourth-order valence-corrected chi connectivity index (χ4v) is 5.31. The van der Waals surface area contributed by atoms with Crippen molar-refractivity contribution < 1.29 is 23.3 Å². The number of anilines is 2. The second kappa shape index (κ2) is 13.7. The summed E-state index contributed by atoms with van der Waals surface area (Å²) in [5.41, 5.74) is 7.05. The van der Waals surface area contributed by atoms with Crippen molar-refractivity contribution in [3.63, 3.8) is 0 Å². The molecule has 1 saturated carbocycles. The molecule has 0 spiro atoms. The maximum Gasteiger partial charge on any atom is 0.318 e. The lowest BCUT2D eigenvalue weighted by molar-refractivity contribution is -0.145. The Kier molecular flexibility index (Phi) is 10.3. The number of methoxy groups -OCH3 is 1. The van der Waals surface area contributed by atoms with E-state index >= 15 is 0 Å². The van der Waals surface area contributed by atoms with Gasteiger partial charge in [-0.2, -0.15) is 9.97 Å². The first-order valence-electron chi connectivity index (χ1n) is 13.0. The number of nitrogens with zero attached hydrogens (tertiary/aromatic N) is 5. The highest BCUT2D eigenvalue weighted by molar-refractivity contribution is 7.45. The highest BCUT2D eigenvalue weighted by Crippen LogP contribution is 2.38. The molecule has 2 aromatic heterocycles. The van der Waals surface area contributed by atoms with Gasteiger partial charge in [-0.15, -0.1) is 0 Å². The van der Waals surface area contributed by atoms with E-state index in [1.54, 1.807) is 44.8 Å². The molecule has 3 aromatic rings. The van der Waals surface area contributed by atoms with Crippen LogP contribution in [0.2, 0.25) is 5.02 Å². The number of hydrogen-bond acceptors (Lipinski definition) is 12. The number of halogens is 1. The number of nitrogen functional groups attached to an aromatic ring is 1. The fraction of sp³-hybridized carbons (Fsp3) is 0.520. The number of ether oxygens (including phenoxy) is 2. The molecule has 0 amide bonds.